The average molecular weight is 377 g/mol. The van der Waals surface area contributed by atoms with Gasteiger partial charge in [-0.05, 0) is 5.56 Å². The Morgan fingerprint density at radius 2 is 1.34 bits per heavy atom. The maximum Gasteiger partial charge on any atom is 0.138 e. The molecule has 0 spiro atoms. The molecule has 140 valence electrons. The second-order valence-corrected chi connectivity index (χ2v) is 6.83. The fourth-order valence-corrected chi connectivity index (χ4v) is 3.36. The predicted molar refractivity (Wildman–Crippen MR) is 114 cm³/mol. The third-order valence-electron chi connectivity index (χ3n) is 4.78. The summed E-state index contributed by atoms with van der Waals surface area (Å²) in [5.41, 5.74) is 5.77. The number of nitrogens with zero attached hydrogens (tertiary/aromatic N) is 4. The van der Waals surface area contributed by atoms with Crippen molar-refractivity contribution in [3.05, 3.63) is 103 Å². The molecule has 0 saturated carbocycles. The van der Waals surface area contributed by atoms with Crippen LogP contribution in [0.3, 0.4) is 0 Å². The molecule has 0 aliphatic carbocycles. The third kappa shape index (κ3) is 3.58. The molecule has 0 unspecified atom stereocenters. The summed E-state index contributed by atoms with van der Waals surface area (Å²) in [5, 5.41) is 8.74. The Morgan fingerprint density at radius 3 is 2.03 bits per heavy atom. The van der Waals surface area contributed by atoms with E-state index < -0.39 is 0 Å². The Morgan fingerprint density at radius 1 is 0.724 bits per heavy atom. The molecule has 0 aliphatic rings. The maximum absolute atomic E-state index is 4.89. The van der Waals surface area contributed by atoms with E-state index >= 15 is 0 Å². The molecule has 0 amide bonds. The molecule has 5 aromatic rings. The minimum absolute atomic E-state index is 0.675. The number of imidazole rings is 1. The van der Waals surface area contributed by atoms with Gasteiger partial charge in [0.05, 0.1) is 24.1 Å². The van der Waals surface area contributed by atoms with E-state index in [1.807, 2.05) is 77.6 Å². The van der Waals surface area contributed by atoms with Crippen LogP contribution in [0.1, 0.15) is 5.56 Å². The molecule has 0 fully saturated rings. The molecule has 0 saturated heterocycles. The van der Waals surface area contributed by atoms with Gasteiger partial charge in [0.15, 0.2) is 0 Å². The molecule has 0 bridgehead atoms. The largest absolute Gasteiger partial charge is 0.336 e. The van der Waals surface area contributed by atoms with Crippen LogP contribution in [0.4, 0.5) is 0 Å². The number of hydrogen-bond donors (Lipinski definition) is 1. The van der Waals surface area contributed by atoms with Crippen LogP contribution < -0.4 is 0 Å². The Bertz CT molecular complexity index is 1210. The second-order valence-electron chi connectivity index (χ2n) is 6.83. The van der Waals surface area contributed by atoms with Gasteiger partial charge in [0.2, 0.25) is 0 Å². The van der Waals surface area contributed by atoms with Crippen molar-refractivity contribution in [1.29, 1.82) is 0 Å². The van der Waals surface area contributed by atoms with Crippen molar-refractivity contribution < 1.29 is 0 Å². The number of aromatic nitrogens is 5. The van der Waals surface area contributed by atoms with Gasteiger partial charge < -0.3 is 4.98 Å². The van der Waals surface area contributed by atoms with Crippen molar-refractivity contribution in [1.82, 2.24) is 25.0 Å². The van der Waals surface area contributed by atoms with Gasteiger partial charge >= 0.3 is 0 Å². The highest BCUT2D eigenvalue weighted by molar-refractivity contribution is 5.79. The van der Waals surface area contributed by atoms with Crippen molar-refractivity contribution >= 4 is 0 Å². The van der Waals surface area contributed by atoms with Crippen molar-refractivity contribution in [3.8, 4) is 34.0 Å². The maximum atomic E-state index is 4.89. The van der Waals surface area contributed by atoms with Gasteiger partial charge in [-0.2, -0.15) is 0 Å². The van der Waals surface area contributed by atoms with Crippen LogP contribution in [0.25, 0.3) is 34.0 Å². The number of rotatable bonds is 5. The quantitative estimate of drug-likeness (QED) is 0.466. The number of benzene rings is 3. The van der Waals surface area contributed by atoms with Crippen molar-refractivity contribution in [2.24, 2.45) is 0 Å². The number of aromatic amines is 1. The van der Waals surface area contributed by atoms with E-state index in [9.17, 15) is 0 Å². The smallest absolute Gasteiger partial charge is 0.138 e. The van der Waals surface area contributed by atoms with Crippen LogP contribution in [0, 0.1) is 0 Å². The van der Waals surface area contributed by atoms with E-state index in [4.69, 9.17) is 4.98 Å². The Kier molecular flexibility index (Phi) is 4.47. The Hall–Kier alpha value is -3.99. The minimum atomic E-state index is 0.675. The highest BCUT2D eigenvalue weighted by atomic mass is 15.4. The Labute approximate surface area is 168 Å². The van der Waals surface area contributed by atoms with E-state index in [0.29, 0.717) is 6.54 Å². The lowest BCUT2D eigenvalue weighted by Crippen LogP contribution is -1.99. The van der Waals surface area contributed by atoms with Crippen LogP contribution >= 0.6 is 0 Å². The minimum Gasteiger partial charge on any atom is -0.336 e. The Balaban J connectivity index is 1.56. The van der Waals surface area contributed by atoms with Gasteiger partial charge in [0, 0.05) is 11.1 Å². The van der Waals surface area contributed by atoms with Crippen LogP contribution in [-0.4, -0.2) is 25.0 Å². The monoisotopic (exact) mass is 377 g/mol. The average Bonchev–Trinajstić information content (AvgIpc) is 3.43. The first-order chi connectivity index (χ1) is 14.4. The summed E-state index contributed by atoms with van der Waals surface area (Å²) in [6, 6.07) is 30.5. The van der Waals surface area contributed by atoms with Gasteiger partial charge in [-0.1, -0.05) is 96.2 Å². The molecule has 29 heavy (non-hydrogen) atoms. The predicted octanol–water partition coefficient (Wildman–Crippen LogP) is 5.05. The SMILES string of the molecule is c1ccc(Cn2cc(-c3[nH]c(-c4ccccc4)nc3-c3ccccc3)nn2)cc1. The summed E-state index contributed by atoms with van der Waals surface area (Å²) in [7, 11) is 0. The summed E-state index contributed by atoms with van der Waals surface area (Å²) in [4.78, 5) is 8.35. The summed E-state index contributed by atoms with van der Waals surface area (Å²) >= 11 is 0. The molecule has 2 heterocycles. The zero-order chi connectivity index (χ0) is 19.5. The lowest BCUT2D eigenvalue weighted by Gasteiger charge is -2.00. The fraction of sp³-hybridized carbons (Fsp3) is 0.0417. The van der Waals surface area contributed by atoms with Gasteiger partial charge in [-0.3, -0.25) is 0 Å². The van der Waals surface area contributed by atoms with Gasteiger partial charge in [-0.25, -0.2) is 9.67 Å². The summed E-state index contributed by atoms with van der Waals surface area (Å²) in [6.45, 7) is 0.675. The number of hydrogen-bond acceptors (Lipinski definition) is 3. The molecule has 1 N–H and O–H groups in total. The standard InChI is InChI=1S/C24H19N5/c1-4-10-18(11-5-1)16-29-17-21(27-28-29)23-22(19-12-6-2-7-13-19)25-24(26-23)20-14-8-3-9-15-20/h1-15,17H,16H2,(H,25,26). The van der Waals surface area contributed by atoms with E-state index in [-0.39, 0.29) is 0 Å². The number of H-pyrrole nitrogens is 1. The normalized spacial score (nSPS) is 10.9. The van der Waals surface area contributed by atoms with Gasteiger partial charge in [0.1, 0.15) is 11.5 Å². The van der Waals surface area contributed by atoms with Crippen molar-refractivity contribution in [3.63, 3.8) is 0 Å². The van der Waals surface area contributed by atoms with Gasteiger partial charge in [-0.15, -0.1) is 5.10 Å². The number of nitrogens with one attached hydrogen (secondary N) is 1. The molecular weight excluding hydrogens is 358 g/mol. The first-order valence-electron chi connectivity index (χ1n) is 9.52. The molecule has 5 rings (SSSR count). The molecule has 3 aromatic carbocycles. The molecule has 5 nitrogen and oxygen atoms in total. The van der Waals surface area contributed by atoms with Gasteiger partial charge in [0.25, 0.3) is 0 Å². The van der Waals surface area contributed by atoms with E-state index in [0.717, 1.165) is 34.0 Å². The zero-order valence-corrected chi connectivity index (χ0v) is 15.7. The van der Waals surface area contributed by atoms with Crippen molar-refractivity contribution in [2.75, 3.05) is 0 Å². The van der Waals surface area contributed by atoms with Crippen LogP contribution in [0.5, 0.6) is 0 Å². The molecule has 2 aromatic heterocycles. The first kappa shape index (κ1) is 17.1. The second kappa shape index (κ2) is 7.56. The molecule has 0 radical (unpaired) electrons. The first-order valence-corrected chi connectivity index (χ1v) is 9.52. The fourth-order valence-electron chi connectivity index (χ4n) is 3.36. The highest BCUT2D eigenvalue weighted by Crippen LogP contribution is 2.31. The zero-order valence-electron chi connectivity index (χ0n) is 15.7. The highest BCUT2D eigenvalue weighted by Gasteiger charge is 2.17. The van der Waals surface area contributed by atoms with Crippen LogP contribution in [0.2, 0.25) is 0 Å². The topological polar surface area (TPSA) is 59.4 Å². The molecule has 0 atom stereocenters. The summed E-state index contributed by atoms with van der Waals surface area (Å²) in [6.07, 6.45) is 1.96. The van der Waals surface area contributed by atoms with Crippen molar-refractivity contribution in [2.45, 2.75) is 6.54 Å². The lowest BCUT2D eigenvalue weighted by atomic mass is 10.1. The van der Waals surface area contributed by atoms with Crippen LogP contribution in [-0.2, 0) is 6.54 Å². The summed E-state index contributed by atoms with van der Waals surface area (Å²) < 4.78 is 1.85. The third-order valence-corrected chi connectivity index (χ3v) is 4.78. The van der Waals surface area contributed by atoms with E-state index in [2.05, 4.69) is 39.6 Å². The van der Waals surface area contributed by atoms with E-state index in [1.165, 1.54) is 5.56 Å². The molecular formula is C24H19N5. The lowest BCUT2D eigenvalue weighted by molar-refractivity contribution is 0.650. The molecule has 5 heteroatoms. The van der Waals surface area contributed by atoms with E-state index in [1.54, 1.807) is 0 Å². The van der Waals surface area contributed by atoms with Crippen LogP contribution in [0.15, 0.2) is 97.2 Å². The molecule has 0 aliphatic heterocycles. The summed E-state index contributed by atoms with van der Waals surface area (Å²) in [5.74, 6) is 0.817.